The van der Waals surface area contributed by atoms with Crippen LogP contribution in [0.2, 0.25) is 0 Å². The van der Waals surface area contributed by atoms with Crippen molar-refractivity contribution in [2.24, 2.45) is 0 Å². The minimum Gasteiger partial charge on any atom is -0.366 e. The second kappa shape index (κ2) is 8.37. The zero-order valence-corrected chi connectivity index (χ0v) is 15.0. The van der Waals surface area contributed by atoms with Gasteiger partial charge in [-0.25, -0.2) is 0 Å². The summed E-state index contributed by atoms with van der Waals surface area (Å²) in [7, 11) is 0. The standard InChI is InChI=1S/C20H26N2.ClH/c1-3-21(4-2)13-14-22-16-19-11-6-5-9-17(19)15-18-10-7-8-12-20(18)22;/h5-12H,3-4,13-16H2,1-2H3;1H. The molecular formula is C20H27ClN2. The van der Waals surface area contributed by atoms with Gasteiger partial charge in [0.1, 0.15) is 0 Å². The molecule has 0 spiro atoms. The first-order valence-electron chi connectivity index (χ1n) is 8.43. The number of fused-ring (bicyclic) bond motifs is 2. The highest BCUT2D eigenvalue weighted by molar-refractivity contribution is 5.85. The van der Waals surface area contributed by atoms with Crippen LogP contribution < -0.4 is 4.90 Å². The molecule has 3 heteroatoms. The SMILES string of the molecule is CCN(CC)CCN1Cc2ccccc2Cc2ccccc21.Cl. The van der Waals surface area contributed by atoms with E-state index >= 15 is 0 Å². The van der Waals surface area contributed by atoms with E-state index in [1.165, 1.54) is 22.4 Å². The molecule has 0 saturated carbocycles. The molecule has 0 fully saturated rings. The van der Waals surface area contributed by atoms with E-state index in [1.54, 1.807) is 0 Å². The molecule has 0 amide bonds. The number of hydrogen-bond acceptors (Lipinski definition) is 2. The Bertz CT molecular complexity index is 623. The molecule has 2 aromatic carbocycles. The molecule has 0 saturated heterocycles. The fraction of sp³-hybridized carbons (Fsp3) is 0.400. The Morgan fingerprint density at radius 3 is 2.17 bits per heavy atom. The molecule has 2 aromatic rings. The van der Waals surface area contributed by atoms with Crippen LogP contribution in [0.3, 0.4) is 0 Å². The molecule has 0 unspecified atom stereocenters. The minimum atomic E-state index is 0. The van der Waals surface area contributed by atoms with E-state index in [9.17, 15) is 0 Å². The summed E-state index contributed by atoms with van der Waals surface area (Å²) < 4.78 is 0. The Hall–Kier alpha value is -1.51. The molecule has 2 nitrogen and oxygen atoms in total. The third-order valence-electron chi connectivity index (χ3n) is 4.77. The molecule has 0 aromatic heterocycles. The largest absolute Gasteiger partial charge is 0.366 e. The average molecular weight is 331 g/mol. The smallest absolute Gasteiger partial charge is 0.0432 e. The molecule has 0 radical (unpaired) electrons. The first kappa shape index (κ1) is 17.8. The predicted molar refractivity (Wildman–Crippen MR) is 102 cm³/mol. The second-order valence-electron chi connectivity index (χ2n) is 6.02. The van der Waals surface area contributed by atoms with Crippen LogP contribution in [0, 0.1) is 0 Å². The molecule has 1 heterocycles. The van der Waals surface area contributed by atoms with Gasteiger partial charge in [-0.15, -0.1) is 12.4 Å². The fourth-order valence-electron chi connectivity index (χ4n) is 3.35. The van der Waals surface area contributed by atoms with E-state index in [4.69, 9.17) is 0 Å². The molecule has 0 N–H and O–H groups in total. The number of benzene rings is 2. The predicted octanol–water partition coefficient (Wildman–Crippen LogP) is 4.36. The van der Waals surface area contributed by atoms with Crippen molar-refractivity contribution in [2.45, 2.75) is 26.8 Å². The van der Waals surface area contributed by atoms with Crippen molar-refractivity contribution in [2.75, 3.05) is 31.1 Å². The van der Waals surface area contributed by atoms with Crippen LogP contribution in [0.4, 0.5) is 5.69 Å². The van der Waals surface area contributed by atoms with Crippen LogP contribution in [-0.4, -0.2) is 31.1 Å². The van der Waals surface area contributed by atoms with E-state index in [1.807, 2.05) is 0 Å². The maximum Gasteiger partial charge on any atom is 0.0432 e. The van der Waals surface area contributed by atoms with Gasteiger partial charge in [0.25, 0.3) is 0 Å². The Morgan fingerprint density at radius 2 is 1.48 bits per heavy atom. The summed E-state index contributed by atoms with van der Waals surface area (Å²) in [6.45, 7) is 9.99. The summed E-state index contributed by atoms with van der Waals surface area (Å²) in [5, 5.41) is 0. The maximum absolute atomic E-state index is 2.56. The highest BCUT2D eigenvalue weighted by Crippen LogP contribution is 2.30. The average Bonchev–Trinajstić information content (AvgIpc) is 2.72. The summed E-state index contributed by atoms with van der Waals surface area (Å²) in [4.78, 5) is 5.05. The summed E-state index contributed by atoms with van der Waals surface area (Å²) >= 11 is 0. The van der Waals surface area contributed by atoms with Crippen LogP contribution in [0.25, 0.3) is 0 Å². The Morgan fingerprint density at radius 1 is 0.870 bits per heavy atom. The molecule has 1 aliphatic rings. The Balaban J connectivity index is 0.00000192. The second-order valence-corrected chi connectivity index (χ2v) is 6.02. The van der Waals surface area contributed by atoms with Crippen molar-refractivity contribution in [3.05, 3.63) is 65.2 Å². The van der Waals surface area contributed by atoms with E-state index < -0.39 is 0 Å². The van der Waals surface area contributed by atoms with Gasteiger partial charge in [-0.1, -0.05) is 56.3 Å². The lowest BCUT2D eigenvalue weighted by Crippen LogP contribution is -2.34. The number of rotatable bonds is 5. The summed E-state index contributed by atoms with van der Waals surface area (Å²) in [5.41, 5.74) is 5.80. The molecule has 0 bridgehead atoms. The highest BCUT2D eigenvalue weighted by Gasteiger charge is 2.18. The fourth-order valence-corrected chi connectivity index (χ4v) is 3.35. The van der Waals surface area contributed by atoms with E-state index in [-0.39, 0.29) is 12.4 Å². The van der Waals surface area contributed by atoms with Gasteiger partial charge in [0.05, 0.1) is 0 Å². The number of likely N-dealkylation sites (N-methyl/N-ethyl adjacent to an activating group) is 1. The zero-order valence-electron chi connectivity index (χ0n) is 14.2. The monoisotopic (exact) mass is 330 g/mol. The zero-order chi connectivity index (χ0) is 15.4. The molecule has 3 rings (SSSR count). The molecule has 124 valence electrons. The third kappa shape index (κ3) is 4.07. The van der Waals surface area contributed by atoms with Gasteiger partial charge in [-0.3, -0.25) is 0 Å². The third-order valence-corrected chi connectivity index (χ3v) is 4.77. The molecular weight excluding hydrogens is 304 g/mol. The summed E-state index contributed by atoms with van der Waals surface area (Å²) in [5.74, 6) is 0. The highest BCUT2D eigenvalue weighted by atomic mass is 35.5. The van der Waals surface area contributed by atoms with Crippen molar-refractivity contribution >= 4 is 18.1 Å². The van der Waals surface area contributed by atoms with Gasteiger partial charge in [0.15, 0.2) is 0 Å². The molecule has 0 atom stereocenters. The Labute approximate surface area is 146 Å². The van der Waals surface area contributed by atoms with Crippen molar-refractivity contribution in [1.82, 2.24) is 4.90 Å². The molecule has 1 aliphatic heterocycles. The quantitative estimate of drug-likeness (QED) is 0.803. The van der Waals surface area contributed by atoms with Crippen LogP contribution in [0.1, 0.15) is 30.5 Å². The lowest BCUT2D eigenvalue weighted by Gasteiger charge is -2.28. The minimum absolute atomic E-state index is 0. The van der Waals surface area contributed by atoms with Crippen LogP contribution in [-0.2, 0) is 13.0 Å². The lowest BCUT2D eigenvalue weighted by atomic mass is 10.0. The number of para-hydroxylation sites is 1. The normalized spacial score (nSPS) is 13.1. The van der Waals surface area contributed by atoms with E-state index in [0.29, 0.717) is 0 Å². The van der Waals surface area contributed by atoms with Gasteiger partial charge < -0.3 is 9.80 Å². The van der Waals surface area contributed by atoms with Gasteiger partial charge in [0, 0.05) is 25.3 Å². The van der Waals surface area contributed by atoms with E-state index in [2.05, 4.69) is 72.2 Å². The summed E-state index contributed by atoms with van der Waals surface area (Å²) in [6, 6.07) is 17.8. The van der Waals surface area contributed by atoms with Crippen LogP contribution in [0.15, 0.2) is 48.5 Å². The van der Waals surface area contributed by atoms with Gasteiger partial charge in [-0.05, 0) is 42.3 Å². The molecule has 23 heavy (non-hydrogen) atoms. The number of nitrogens with zero attached hydrogens (tertiary/aromatic N) is 2. The first-order valence-corrected chi connectivity index (χ1v) is 8.43. The van der Waals surface area contributed by atoms with Crippen molar-refractivity contribution in [1.29, 1.82) is 0 Å². The van der Waals surface area contributed by atoms with Crippen molar-refractivity contribution < 1.29 is 0 Å². The number of halogens is 1. The van der Waals surface area contributed by atoms with Crippen LogP contribution in [0.5, 0.6) is 0 Å². The van der Waals surface area contributed by atoms with Gasteiger partial charge in [-0.2, -0.15) is 0 Å². The Kier molecular flexibility index (Phi) is 6.49. The van der Waals surface area contributed by atoms with Gasteiger partial charge >= 0.3 is 0 Å². The first-order chi connectivity index (χ1) is 10.8. The van der Waals surface area contributed by atoms with Crippen LogP contribution >= 0.6 is 12.4 Å². The maximum atomic E-state index is 2.56. The van der Waals surface area contributed by atoms with Gasteiger partial charge in [0.2, 0.25) is 0 Å². The van der Waals surface area contributed by atoms with Crippen molar-refractivity contribution in [3.63, 3.8) is 0 Å². The van der Waals surface area contributed by atoms with E-state index in [0.717, 1.165) is 39.1 Å². The molecule has 0 aliphatic carbocycles. The topological polar surface area (TPSA) is 6.48 Å². The number of hydrogen-bond donors (Lipinski definition) is 0. The summed E-state index contributed by atoms with van der Waals surface area (Å²) in [6.07, 6.45) is 1.05. The lowest BCUT2D eigenvalue weighted by molar-refractivity contribution is 0.309. The van der Waals surface area contributed by atoms with Crippen molar-refractivity contribution in [3.8, 4) is 0 Å². The number of anilines is 1.